The summed E-state index contributed by atoms with van der Waals surface area (Å²) in [4.78, 5) is 14.3. The highest BCUT2D eigenvalue weighted by atomic mass is 35.5. The molecule has 0 aliphatic carbocycles. The fourth-order valence-corrected chi connectivity index (χ4v) is 0.936. The Labute approximate surface area is 87.0 Å². The number of carbonyl (C=O) groups is 1. The number of aliphatic carboxylic acids is 1. The summed E-state index contributed by atoms with van der Waals surface area (Å²) in [5.41, 5.74) is 0.836. The summed E-state index contributed by atoms with van der Waals surface area (Å²) < 4.78 is 0. The SMILES string of the molecule is C[C@H](/N=C/c1ccc(Cl)cc1)C(=O)O. The van der Waals surface area contributed by atoms with E-state index in [4.69, 9.17) is 16.7 Å². The molecule has 3 nitrogen and oxygen atoms in total. The van der Waals surface area contributed by atoms with Crippen molar-refractivity contribution < 1.29 is 9.90 Å². The number of halogens is 1. The van der Waals surface area contributed by atoms with E-state index in [1.165, 1.54) is 13.1 Å². The van der Waals surface area contributed by atoms with Crippen LogP contribution in [-0.4, -0.2) is 23.3 Å². The van der Waals surface area contributed by atoms with Crippen molar-refractivity contribution in [3.63, 3.8) is 0 Å². The maximum atomic E-state index is 10.4. The van der Waals surface area contributed by atoms with Crippen molar-refractivity contribution in [2.75, 3.05) is 0 Å². The molecule has 1 atom stereocenters. The average Bonchev–Trinajstić information content (AvgIpc) is 2.16. The van der Waals surface area contributed by atoms with Gasteiger partial charge in [0, 0.05) is 11.2 Å². The molecule has 0 unspecified atom stereocenters. The van der Waals surface area contributed by atoms with Gasteiger partial charge in [-0.05, 0) is 24.6 Å². The molecular weight excluding hydrogens is 202 g/mol. The number of benzene rings is 1. The van der Waals surface area contributed by atoms with Gasteiger partial charge in [-0.3, -0.25) is 4.99 Å². The Balaban J connectivity index is 2.69. The van der Waals surface area contributed by atoms with Crippen LogP contribution in [0.15, 0.2) is 29.3 Å². The zero-order chi connectivity index (χ0) is 10.6. The number of rotatable bonds is 3. The molecule has 0 radical (unpaired) electrons. The zero-order valence-corrected chi connectivity index (χ0v) is 8.40. The lowest BCUT2D eigenvalue weighted by atomic mass is 10.2. The highest BCUT2D eigenvalue weighted by Gasteiger charge is 2.06. The minimum atomic E-state index is -0.935. The summed E-state index contributed by atoms with van der Waals surface area (Å²) in [6, 6.07) is 6.30. The van der Waals surface area contributed by atoms with Gasteiger partial charge in [0.2, 0.25) is 0 Å². The number of nitrogens with zero attached hydrogens (tertiary/aromatic N) is 1. The van der Waals surface area contributed by atoms with Gasteiger partial charge in [0.1, 0.15) is 6.04 Å². The molecule has 1 N–H and O–H groups in total. The monoisotopic (exact) mass is 211 g/mol. The number of hydrogen-bond acceptors (Lipinski definition) is 2. The molecule has 0 aliphatic heterocycles. The first-order chi connectivity index (χ1) is 6.59. The molecule has 0 bridgehead atoms. The van der Waals surface area contributed by atoms with Crippen LogP contribution in [0.2, 0.25) is 5.02 Å². The van der Waals surface area contributed by atoms with Crippen molar-refractivity contribution >= 4 is 23.8 Å². The molecule has 74 valence electrons. The highest BCUT2D eigenvalue weighted by Crippen LogP contribution is 2.08. The quantitative estimate of drug-likeness (QED) is 0.780. The molecule has 0 amide bonds. The lowest BCUT2D eigenvalue weighted by Crippen LogP contribution is -2.12. The smallest absolute Gasteiger partial charge is 0.328 e. The summed E-state index contributed by atoms with van der Waals surface area (Å²) in [6.07, 6.45) is 1.52. The molecule has 1 rings (SSSR count). The van der Waals surface area contributed by atoms with E-state index in [0.717, 1.165) is 5.56 Å². The fourth-order valence-electron chi connectivity index (χ4n) is 0.810. The van der Waals surface area contributed by atoms with Crippen molar-refractivity contribution in [3.05, 3.63) is 34.9 Å². The van der Waals surface area contributed by atoms with E-state index in [9.17, 15) is 4.79 Å². The third kappa shape index (κ3) is 3.18. The van der Waals surface area contributed by atoms with E-state index in [-0.39, 0.29) is 0 Å². The van der Waals surface area contributed by atoms with Crippen molar-refractivity contribution in [1.82, 2.24) is 0 Å². The largest absolute Gasteiger partial charge is 0.480 e. The van der Waals surface area contributed by atoms with Crippen LogP contribution < -0.4 is 0 Å². The maximum absolute atomic E-state index is 10.4. The third-order valence-electron chi connectivity index (χ3n) is 1.67. The second kappa shape index (κ2) is 4.77. The predicted molar refractivity (Wildman–Crippen MR) is 56.1 cm³/mol. The third-order valence-corrected chi connectivity index (χ3v) is 1.93. The molecule has 0 aromatic heterocycles. The first-order valence-corrected chi connectivity index (χ1v) is 4.49. The first-order valence-electron chi connectivity index (χ1n) is 4.11. The summed E-state index contributed by atoms with van der Waals surface area (Å²) in [5, 5.41) is 9.22. The lowest BCUT2D eigenvalue weighted by Gasteiger charge is -1.97. The van der Waals surface area contributed by atoms with Gasteiger partial charge in [0.25, 0.3) is 0 Å². The molecule has 0 aliphatic rings. The highest BCUT2D eigenvalue weighted by molar-refractivity contribution is 6.30. The minimum absolute atomic E-state index is 0.647. The van der Waals surface area contributed by atoms with Gasteiger partial charge in [0.05, 0.1) is 0 Å². The van der Waals surface area contributed by atoms with Crippen LogP contribution >= 0.6 is 11.6 Å². The van der Waals surface area contributed by atoms with Gasteiger partial charge in [-0.25, -0.2) is 4.79 Å². The molecule has 0 saturated carbocycles. The maximum Gasteiger partial charge on any atom is 0.328 e. The molecule has 0 spiro atoms. The standard InChI is InChI=1S/C10H10ClNO2/c1-7(10(13)14)12-6-8-2-4-9(11)5-3-8/h2-7H,1H3,(H,13,14)/b12-6+/t7-/m0/s1. The Morgan fingerprint density at radius 2 is 2.07 bits per heavy atom. The summed E-state index contributed by atoms with van der Waals surface area (Å²) in [7, 11) is 0. The number of hydrogen-bond donors (Lipinski definition) is 1. The van der Waals surface area contributed by atoms with Gasteiger partial charge in [-0.1, -0.05) is 23.7 Å². The van der Waals surface area contributed by atoms with Crippen LogP contribution in [0.3, 0.4) is 0 Å². The van der Waals surface area contributed by atoms with Crippen LogP contribution in [0, 0.1) is 0 Å². The molecule has 0 saturated heterocycles. The van der Waals surface area contributed by atoms with Gasteiger partial charge in [-0.2, -0.15) is 0 Å². The fraction of sp³-hybridized carbons (Fsp3) is 0.200. The molecule has 14 heavy (non-hydrogen) atoms. The van der Waals surface area contributed by atoms with E-state index < -0.39 is 12.0 Å². The molecule has 0 heterocycles. The summed E-state index contributed by atoms with van der Waals surface area (Å²) in [5.74, 6) is -0.935. The van der Waals surface area contributed by atoms with Gasteiger partial charge in [0.15, 0.2) is 0 Å². The zero-order valence-electron chi connectivity index (χ0n) is 7.64. The Hall–Kier alpha value is -1.35. The lowest BCUT2D eigenvalue weighted by molar-refractivity contribution is -0.137. The Bertz CT molecular complexity index is 346. The molecule has 1 aromatic rings. The van der Waals surface area contributed by atoms with Crippen LogP contribution in [0.25, 0.3) is 0 Å². The predicted octanol–water partition coefficient (Wildman–Crippen LogP) is 2.23. The molecule has 4 heteroatoms. The Morgan fingerprint density at radius 3 is 2.57 bits per heavy atom. The van der Waals surface area contributed by atoms with Crippen LogP contribution in [0.5, 0.6) is 0 Å². The number of carboxylic acids is 1. The Kier molecular flexibility index (Phi) is 3.65. The number of carboxylic acid groups (broad SMARTS) is 1. The second-order valence-electron chi connectivity index (χ2n) is 2.84. The second-order valence-corrected chi connectivity index (χ2v) is 3.28. The normalized spacial score (nSPS) is 13.0. The topological polar surface area (TPSA) is 49.7 Å². The van der Waals surface area contributed by atoms with E-state index >= 15 is 0 Å². The summed E-state index contributed by atoms with van der Waals surface area (Å²) in [6.45, 7) is 1.52. The van der Waals surface area contributed by atoms with Crippen LogP contribution in [0.4, 0.5) is 0 Å². The van der Waals surface area contributed by atoms with Gasteiger partial charge < -0.3 is 5.11 Å². The van der Waals surface area contributed by atoms with E-state index in [1.54, 1.807) is 24.3 Å². The minimum Gasteiger partial charge on any atom is -0.480 e. The van der Waals surface area contributed by atoms with E-state index in [2.05, 4.69) is 4.99 Å². The van der Waals surface area contributed by atoms with Gasteiger partial charge in [-0.15, -0.1) is 0 Å². The van der Waals surface area contributed by atoms with Crippen LogP contribution in [-0.2, 0) is 4.79 Å². The average molecular weight is 212 g/mol. The van der Waals surface area contributed by atoms with E-state index in [0.29, 0.717) is 5.02 Å². The van der Waals surface area contributed by atoms with Crippen molar-refractivity contribution in [2.24, 2.45) is 4.99 Å². The molecular formula is C10H10ClNO2. The number of aliphatic imine (C=N–C) groups is 1. The van der Waals surface area contributed by atoms with Crippen molar-refractivity contribution in [1.29, 1.82) is 0 Å². The molecule has 1 aromatic carbocycles. The first kappa shape index (κ1) is 10.7. The van der Waals surface area contributed by atoms with Gasteiger partial charge >= 0.3 is 5.97 Å². The van der Waals surface area contributed by atoms with Crippen LogP contribution in [0.1, 0.15) is 12.5 Å². The van der Waals surface area contributed by atoms with Crippen molar-refractivity contribution in [3.8, 4) is 0 Å². The van der Waals surface area contributed by atoms with E-state index in [1.807, 2.05) is 0 Å². The van der Waals surface area contributed by atoms with Crippen molar-refractivity contribution in [2.45, 2.75) is 13.0 Å². The summed E-state index contributed by atoms with van der Waals surface area (Å²) >= 11 is 5.69. The Morgan fingerprint density at radius 1 is 1.50 bits per heavy atom. The molecule has 0 fully saturated rings.